The van der Waals surface area contributed by atoms with E-state index in [1.807, 2.05) is 23.7 Å². The summed E-state index contributed by atoms with van der Waals surface area (Å²) in [4.78, 5) is 16.1. The summed E-state index contributed by atoms with van der Waals surface area (Å²) in [5, 5.41) is 3.37. The Labute approximate surface area is 120 Å². The normalized spacial score (nSPS) is 15.9. The number of aromatic nitrogens is 3. The molecule has 1 saturated heterocycles. The first-order chi connectivity index (χ1) is 9.92. The number of nitrogens with zero attached hydrogens (tertiary/aromatic N) is 3. The molecule has 1 aliphatic rings. The Bertz CT molecular complexity index is 693. The lowest BCUT2D eigenvalue weighted by atomic mass is 10.3. The van der Waals surface area contributed by atoms with Gasteiger partial charge in [0.15, 0.2) is 11.6 Å². The number of fused-ring (bicyclic) bond motifs is 1. The SMILES string of the molecule is c1ccc2[nH]c(-c3scnc3N3CCNCC3)nc2c1. The smallest absolute Gasteiger partial charge is 0.152 e. The van der Waals surface area contributed by atoms with Gasteiger partial charge in [-0.3, -0.25) is 0 Å². The van der Waals surface area contributed by atoms with Crippen molar-refractivity contribution >= 4 is 28.2 Å². The predicted molar refractivity (Wildman–Crippen MR) is 82.3 cm³/mol. The lowest BCUT2D eigenvalue weighted by Gasteiger charge is -2.28. The van der Waals surface area contributed by atoms with Gasteiger partial charge >= 0.3 is 0 Å². The standard InChI is InChI=1S/C14H15N5S/c1-2-4-11-10(3-1)17-13(18-11)12-14(16-9-20-12)19-7-5-15-6-8-19/h1-4,9,15H,5-8H2,(H,17,18). The van der Waals surface area contributed by atoms with Crippen molar-refractivity contribution < 1.29 is 0 Å². The third-order valence-electron chi connectivity index (χ3n) is 3.57. The monoisotopic (exact) mass is 285 g/mol. The average Bonchev–Trinajstić information content (AvgIpc) is 3.14. The molecule has 0 amide bonds. The highest BCUT2D eigenvalue weighted by molar-refractivity contribution is 7.13. The first-order valence-electron chi connectivity index (χ1n) is 6.76. The second kappa shape index (κ2) is 4.88. The molecule has 1 aliphatic heterocycles. The van der Waals surface area contributed by atoms with E-state index in [1.54, 1.807) is 11.3 Å². The predicted octanol–water partition coefficient (Wildman–Crippen LogP) is 2.10. The van der Waals surface area contributed by atoms with Crippen molar-refractivity contribution in [3.63, 3.8) is 0 Å². The van der Waals surface area contributed by atoms with Crippen LogP contribution in [-0.4, -0.2) is 41.1 Å². The third kappa shape index (κ3) is 1.97. The van der Waals surface area contributed by atoms with Gasteiger partial charge in [0.1, 0.15) is 4.88 Å². The average molecular weight is 285 g/mol. The van der Waals surface area contributed by atoms with E-state index in [1.165, 1.54) is 0 Å². The van der Waals surface area contributed by atoms with Crippen LogP contribution in [0.3, 0.4) is 0 Å². The maximum absolute atomic E-state index is 4.68. The van der Waals surface area contributed by atoms with Crippen LogP contribution in [0.5, 0.6) is 0 Å². The largest absolute Gasteiger partial charge is 0.353 e. The van der Waals surface area contributed by atoms with Gasteiger partial charge in [-0.05, 0) is 12.1 Å². The zero-order valence-corrected chi connectivity index (χ0v) is 11.8. The molecular formula is C14H15N5S. The summed E-state index contributed by atoms with van der Waals surface area (Å²) in [6.45, 7) is 4.02. The first-order valence-corrected chi connectivity index (χ1v) is 7.64. The zero-order chi connectivity index (χ0) is 13.4. The number of H-pyrrole nitrogens is 1. The number of anilines is 1. The molecule has 0 bridgehead atoms. The number of piperazine rings is 1. The highest BCUT2D eigenvalue weighted by Gasteiger charge is 2.19. The van der Waals surface area contributed by atoms with Gasteiger partial charge in [0.25, 0.3) is 0 Å². The van der Waals surface area contributed by atoms with Gasteiger partial charge in [-0.2, -0.15) is 0 Å². The second-order valence-electron chi connectivity index (χ2n) is 4.84. The number of benzene rings is 1. The molecule has 3 aromatic rings. The Morgan fingerprint density at radius 1 is 1.15 bits per heavy atom. The number of thiazole rings is 1. The highest BCUT2D eigenvalue weighted by atomic mass is 32.1. The van der Waals surface area contributed by atoms with Crippen LogP contribution in [0.2, 0.25) is 0 Å². The van der Waals surface area contributed by atoms with E-state index in [0.717, 1.165) is 53.7 Å². The molecule has 102 valence electrons. The molecule has 5 nitrogen and oxygen atoms in total. The van der Waals surface area contributed by atoms with E-state index in [2.05, 4.69) is 31.2 Å². The minimum atomic E-state index is 0.919. The molecule has 3 heterocycles. The number of nitrogens with one attached hydrogen (secondary N) is 2. The summed E-state index contributed by atoms with van der Waals surface area (Å²) < 4.78 is 0. The van der Waals surface area contributed by atoms with Crippen molar-refractivity contribution in [3.05, 3.63) is 29.8 Å². The topological polar surface area (TPSA) is 56.8 Å². The van der Waals surface area contributed by atoms with Gasteiger partial charge in [-0.1, -0.05) is 12.1 Å². The second-order valence-corrected chi connectivity index (χ2v) is 5.70. The number of para-hydroxylation sites is 2. The summed E-state index contributed by atoms with van der Waals surface area (Å²) >= 11 is 1.64. The van der Waals surface area contributed by atoms with E-state index < -0.39 is 0 Å². The summed E-state index contributed by atoms with van der Waals surface area (Å²) in [5.41, 5.74) is 3.98. The number of rotatable bonds is 2. The van der Waals surface area contributed by atoms with E-state index in [0.29, 0.717) is 0 Å². The molecule has 20 heavy (non-hydrogen) atoms. The van der Waals surface area contributed by atoms with Gasteiger partial charge in [-0.25, -0.2) is 9.97 Å². The first kappa shape index (κ1) is 11.9. The van der Waals surface area contributed by atoms with Crippen molar-refractivity contribution in [1.82, 2.24) is 20.3 Å². The minimum absolute atomic E-state index is 0.919. The fraction of sp³-hybridized carbons (Fsp3) is 0.286. The molecule has 0 atom stereocenters. The molecule has 0 radical (unpaired) electrons. The summed E-state index contributed by atoms with van der Waals surface area (Å²) in [6.07, 6.45) is 0. The third-order valence-corrected chi connectivity index (χ3v) is 4.39. The van der Waals surface area contributed by atoms with Gasteiger partial charge in [0, 0.05) is 26.2 Å². The van der Waals surface area contributed by atoms with Gasteiger partial charge in [0.2, 0.25) is 0 Å². The quantitative estimate of drug-likeness (QED) is 0.757. The van der Waals surface area contributed by atoms with Crippen LogP contribution in [0.1, 0.15) is 0 Å². The summed E-state index contributed by atoms with van der Waals surface area (Å²) in [6, 6.07) is 8.11. The van der Waals surface area contributed by atoms with Crippen molar-refractivity contribution in [2.45, 2.75) is 0 Å². The Morgan fingerprint density at radius 2 is 2.00 bits per heavy atom. The van der Waals surface area contributed by atoms with Crippen molar-refractivity contribution in [3.8, 4) is 10.7 Å². The fourth-order valence-electron chi connectivity index (χ4n) is 2.56. The Hall–Kier alpha value is -1.92. The zero-order valence-electron chi connectivity index (χ0n) is 11.0. The molecule has 0 saturated carbocycles. The van der Waals surface area contributed by atoms with E-state index in [-0.39, 0.29) is 0 Å². The van der Waals surface area contributed by atoms with Crippen LogP contribution in [-0.2, 0) is 0 Å². The van der Waals surface area contributed by atoms with E-state index >= 15 is 0 Å². The molecule has 1 fully saturated rings. The Kier molecular flexibility index (Phi) is 2.90. The number of imidazole rings is 1. The van der Waals surface area contributed by atoms with Crippen LogP contribution in [0.25, 0.3) is 21.7 Å². The van der Waals surface area contributed by atoms with Crippen LogP contribution in [0.15, 0.2) is 29.8 Å². The maximum Gasteiger partial charge on any atom is 0.152 e. The van der Waals surface area contributed by atoms with Crippen LogP contribution in [0.4, 0.5) is 5.82 Å². The molecule has 1 aromatic carbocycles. The fourth-order valence-corrected chi connectivity index (χ4v) is 3.32. The molecule has 0 unspecified atom stereocenters. The van der Waals surface area contributed by atoms with E-state index in [4.69, 9.17) is 0 Å². The van der Waals surface area contributed by atoms with Crippen LogP contribution < -0.4 is 10.2 Å². The lowest BCUT2D eigenvalue weighted by Crippen LogP contribution is -2.43. The number of hydrogen-bond acceptors (Lipinski definition) is 5. The Balaban J connectivity index is 1.76. The molecule has 0 aliphatic carbocycles. The minimum Gasteiger partial charge on any atom is -0.353 e. The van der Waals surface area contributed by atoms with Crippen LogP contribution >= 0.6 is 11.3 Å². The molecule has 2 aromatic heterocycles. The lowest BCUT2D eigenvalue weighted by molar-refractivity contribution is 0.586. The van der Waals surface area contributed by atoms with Crippen molar-refractivity contribution in [1.29, 1.82) is 0 Å². The Morgan fingerprint density at radius 3 is 2.85 bits per heavy atom. The molecule has 0 spiro atoms. The number of aromatic amines is 1. The number of hydrogen-bond donors (Lipinski definition) is 2. The highest BCUT2D eigenvalue weighted by Crippen LogP contribution is 2.33. The summed E-state index contributed by atoms with van der Waals surface area (Å²) in [5.74, 6) is 1.97. The van der Waals surface area contributed by atoms with Gasteiger partial charge in [0.05, 0.1) is 16.5 Å². The van der Waals surface area contributed by atoms with E-state index in [9.17, 15) is 0 Å². The molecule has 2 N–H and O–H groups in total. The molecule has 6 heteroatoms. The molecular weight excluding hydrogens is 270 g/mol. The maximum atomic E-state index is 4.68. The van der Waals surface area contributed by atoms with Crippen LogP contribution in [0, 0.1) is 0 Å². The molecule has 4 rings (SSSR count). The van der Waals surface area contributed by atoms with Crippen molar-refractivity contribution in [2.75, 3.05) is 31.1 Å². The van der Waals surface area contributed by atoms with Gasteiger partial charge < -0.3 is 15.2 Å². The van der Waals surface area contributed by atoms with Gasteiger partial charge in [-0.15, -0.1) is 11.3 Å². The van der Waals surface area contributed by atoms with Crippen molar-refractivity contribution in [2.24, 2.45) is 0 Å². The summed E-state index contributed by atoms with van der Waals surface area (Å²) in [7, 11) is 0.